The van der Waals surface area contributed by atoms with Gasteiger partial charge in [0.1, 0.15) is 0 Å². The molecule has 2 rings (SSSR count). The summed E-state index contributed by atoms with van der Waals surface area (Å²) in [7, 11) is -3.67. The Morgan fingerprint density at radius 2 is 1.86 bits per heavy atom. The van der Waals surface area contributed by atoms with Crippen molar-refractivity contribution < 1.29 is 8.42 Å². The Bertz CT molecular complexity index is 727. The van der Waals surface area contributed by atoms with Crippen molar-refractivity contribution >= 4 is 15.7 Å². The van der Waals surface area contributed by atoms with Crippen molar-refractivity contribution in [2.75, 3.05) is 5.32 Å². The highest BCUT2D eigenvalue weighted by molar-refractivity contribution is 7.89. The fraction of sp³-hybridized carbons (Fsp3) is 0.250. The van der Waals surface area contributed by atoms with Crippen LogP contribution in [0.1, 0.15) is 31.0 Å². The topological polar surface area (TPSA) is 72.2 Å². The smallest absolute Gasteiger partial charge is 0.238 e. The third-order valence-electron chi connectivity index (χ3n) is 3.46. The van der Waals surface area contributed by atoms with Crippen molar-refractivity contribution in [1.82, 2.24) is 0 Å². The van der Waals surface area contributed by atoms with Gasteiger partial charge in [0, 0.05) is 11.7 Å². The van der Waals surface area contributed by atoms with Gasteiger partial charge in [-0.3, -0.25) is 0 Å². The molecule has 3 N–H and O–H groups in total. The summed E-state index contributed by atoms with van der Waals surface area (Å²) in [4.78, 5) is 0.137. The molecule has 0 bridgehead atoms. The average Bonchev–Trinajstić information content (AvgIpc) is 2.47. The van der Waals surface area contributed by atoms with Crippen LogP contribution in [0.2, 0.25) is 0 Å². The second-order valence-corrected chi connectivity index (χ2v) is 6.56. The molecule has 4 nitrogen and oxygen atoms in total. The monoisotopic (exact) mass is 304 g/mol. The van der Waals surface area contributed by atoms with E-state index in [1.54, 1.807) is 12.1 Å². The van der Waals surface area contributed by atoms with Crippen LogP contribution in [0.15, 0.2) is 53.4 Å². The van der Waals surface area contributed by atoms with E-state index in [4.69, 9.17) is 5.14 Å². The van der Waals surface area contributed by atoms with E-state index in [1.165, 1.54) is 11.6 Å². The maximum Gasteiger partial charge on any atom is 0.238 e. The Labute approximate surface area is 126 Å². The van der Waals surface area contributed by atoms with Crippen LogP contribution in [0.4, 0.5) is 5.69 Å². The Hall–Kier alpha value is -1.85. The summed E-state index contributed by atoms with van der Waals surface area (Å²) in [6.45, 7) is 4.10. The SMILES string of the molecule is CCc1ccccc1NC(C)c1cccc(S(N)(=O)=O)c1. The van der Waals surface area contributed by atoms with Gasteiger partial charge in [-0.15, -0.1) is 0 Å². The highest BCUT2D eigenvalue weighted by Gasteiger charge is 2.12. The Kier molecular flexibility index (Phi) is 4.65. The molecule has 0 spiro atoms. The van der Waals surface area contributed by atoms with Crippen molar-refractivity contribution in [2.24, 2.45) is 5.14 Å². The zero-order valence-electron chi connectivity index (χ0n) is 12.2. The fourth-order valence-corrected chi connectivity index (χ4v) is 2.82. The van der Waals surface area contributed by atoms with Crippen molar-refractivity contribution in [3.05, 3.63) is 59.7 Å². The van der Waals surface area contributed by atoms with E-state index in [0.717, 1.165) is 17.7 Å². The maximum atomic E-state index is 11.4. The molecule has 0 aromatic heterocycles. The lowest BCUT2D eigenvalue weighted by atomic mass is 10.1. The third kappa shape index (κ3) is 3.83. The predicted octanol–water partition coefficient (Wildman–Crippen LogP) is 3.07. The Morgan fingerprint density at radius 3 is 2.52 bits per heavy atom. The number of hydrogen-bond acceptors (Lipinski definition) is 3. The summed E-state index contributed by atoms with van der Waals surface area (Å²) in [5, 5.41) is 8.60. The Balaban J connectivity index is 2.27. The second kappa shape index (κ2) is 6.28. The molecule has 0 amide bonds. The molecule has 0 aliphatic heterocycles. The van der Waals surface area contributed by atoms with Gasteiger partial charge in [0.05, 0.1) is 4.90 Å². The van der Waals surface area contributed by atoms with E-state index >= 15 is 0 Å². The Morgan fingerprint density at radius 1 is 1.14 bits per heavy atom. The lowest BCUT2D eigenvalue weighted by molar-refractivity contribution is 0.597. The third-order valence-corrected chi connectivity index (χ3v) is 4.37. The second-order valence-electron chi connectivity index (χ2n) is 4.99. The number of para-hydroxylation sites is 1. The molecule has 21 heavy (non-hydrogen) atoms. The molecule has 0 saturated carbocycles. The first-order valence-corrected chi connectivity index (χ1v) is 8.43. The molecule has 1 atom stereocenters. The zero-order chi connectivity index (χ0) is 15.5. The van der Waals surface area contributed by atoms with Crippen LogP contribution in [0, 0.1) is 0 Å². The van der Waals surface area contributed by atoms with Gasteiger partial charge >= 0.3 is 0 Å². The van der Waals surface area contributed by atoms with Crippen LogP contribution in [-0.4, -0.2) is 8.42 Å². The minimum atomic E-state index is -3.67. The summed E-state index contributed by atoms with van der Waals surface area (Å²) in [5.41, 5.74) is 3.17. The zero-order valence-corrected chi connectivity index (χ0v) is 13.0. The molecular formula is C16H20N2O2S. The molecule has 0 aliphatic rings. The highest BCUT2D eigenvalue weighted by Crippen LogP contribution is 2.24. The van der Waals surface area contributed by atoms with E-state index in [-0.39, 0.29) is 10.9 Å². The molecule has 2 aromatic carbocycles. The van der Waals surface area contributed by atoms with Gasteiger partial charge in [0.15, 0.2) is 0 Å². The van der Waals surface area contributed by atoms with E-state index in [1.807, 2.05) is 31.2 Å². The van der Waals surface area contributed by atoms with Gasteiger partial charge in [-0.05, 0) is 42.7 Å². The van der Waals surface area contributed by atoms with Crippen molar-refractivity contribution in [3.63, 3.8) is 0 Å². The molecule has 0 saturated heterocycles. The van der Waals surface area contributed by atoms with E-state index in [9.17, 15) is 8.42 Å². The first-order chi connectivity index (χ1) is 9.91. The number of anilines is 1. The van der Waals surface area contributed by atoms with Crippen molar-refractivity contribution in [3.8, 4) is 0 Å². The molecule has 0 fully saturated rings. The standard InChI is InChI=1S/C16H20N2O2S/c1-3-13-7-4-5-10-16(13)18-12(2)14-8-6-9-15(11-14)21(17,19)20/h4-12,18H,3H2,1-2H3,(H2,17,19,20). The first kappa shape index (κ1) is 15.5. The number of nitrogens with one attached hydrogen (secondary N) is 1. The molecule has 0 heterocycles. The molecule has 0 aliphatic carbocycles. The van der Waals surface area contributed by atoms with Crippen LogP contribution in [0.3, 0.4) is 0 Å². The lowest BCUT2D eigenvalue weighted by Crippen LogP contribution is -2.14. The minimum Gasteiger partial charge on any atom is -0.378 e. The highest BCUT2D eigenvalue weighted by atomic mass is 32.2. The van der Waals surface area contributed by atoms with Gasteiger partial charge < -0.3 is 5.32 Å². The van der Waals surface area contributed by atoms with Crippen molar-refractivity contribution in [2.45, 2.75) is 31.2 Å². The van der Waals surface area contributed by atoms with Gasteiger partial charge in [-0.1, -0.05) is 37.3 Å². The van der Waals surface area contributed by atoms with E-state index in [2.05, 4.69) is 18.3 Å². The van der Waals surface area contributed by atoms with Gasteiger partial charge in [-0.2, -0.15) is 0 Å². The van der Waals surface area contributed by atoms with Crippen LogP contribution in [0.25, 0.3) is 0 Å². The normalized spacial score (nSPS) is 12.9. The number of sulfonamides is 1. The molecular weight excluding hydrogens is 284 g/mol. The van der Waals surface area contributed by atoms with E-state index in [0.29, 0.717) is 0 Å². The number of primary sulfonamides is 1. The number of hydrogen-bond donors (Lipinski definition) is 2. The van der Waals surface area contributed by atoms with Crippen LogP contribution < -0.4 is 10.5 Å². The quantitative estimate of drug-likeness (QED) is 0.891. The number of nitrogens with two attached hydrogens (primary N) is 1. The van der Waals surface area contributed by atoms with Gasteiger partial charge in [-0.25, -0.2) is 13.6 Å². The number of benzene rings is 2. The van der Waals surface area contributed by atoms with Crippen molar-refractivity contribution in [1.29, 1.82) is 0 Å². The summed E-state index contributed by atoms with van der Waals surface area (Å²) in [6, 6.07) is 14.8. The summed E-state index contributed by atoms with van der Waals surface area (Å²) >= 11 is 0. The first-order valence-electron chi connectivity index (χ1n) is 6.89. The molecule has 112 valence electrons. The lowest BCUT2D eigenvalue weighted by Gasteiger charge is -2.18. The molecule has 1 unspecified atom stereocenters. The van der Waals surface area contributed by atoms with Crippen LogP contribution >= 0.6 is 0 Å². The molecule has 0 radical (unpaired) electrons. The van der Waals surface area contributed by atoms with Crippen LogP contribution in [-0.2, 0) is 16.4 Å². The fourth-order valence-electron chi connectivity index (χ4n) is 2.25. The summed E-state index contributed by atoms with van der Waals surface area (Å²) in [6.07, 6.45) is 0.938. The molecule has 5 heteroatoms. The van der Waals surface area contributed by atoms with Gasteiger partial charge in [0.2, 0.25) is 10.0 Å². The minimum absolute atomic E-state index is 0.0144. The number of rotatable bonds is 5. The summed E-state index contributed by atoms with van der Waals surface area (Å²) in [5.74, 6) is 0. The average molecular weight is 304 g/mol. The maximum absolute atomic E-state index is 11.4. The predicted molar refractivity (Wildman–Crippen MR) is 85.7 cm³/mol. The van der Waals surface area contributed by atoms with Crippen LogP contribution in [0.5, 0.6) is 0 Å². The summed E-state index contributed by atoms with van der Waals surface area (Å²) < 4.78 is 22.8. The molecule has 2 aromatic rings. The largest absolute Gasteiger partial charge is 0.378 e. The number of aryl methyl sites for hydroxylation is 1. The van der Waals surface area contributed by atoms with Gasteiger partial charge in [0.25, 0.3) is 0 Å². The van der Waals surface area contributed by atoms with E-state index < -0.39 is 10.0 Å².